The van der Waals surface area contributed by atoms with Crippen LogP contribution >= 0.6 is 12.4 Å². The minimum Gasteiger partial charge on any atom is -0.366 e. The molecule has 0 saturated heterocycles. The highest BCUT2D eigenvalue weighted by atomic mass is 35.5. The Bertz CT molecular complexity index is 581. The molecule has 1 aliphatic rings. The summed E-state index contributed by atoms with van der Waals surface area (Å²) in [5.74, 6) is -0.580. The number of benzene rings is 1. The molecule has 118 valence electrons. The molecule has 0 atom stereocenters. The van der Waals surface area contributed by atoms with Crippen LogP contribution in [0.25, 0.3) is 0 Å². The lowest BCUT2D eigenvalue weighted by atomic mass is 9.93. The van der Waals surface area contributed by atoms with Gasteiger partial charge in [-0.3, -0.25) is 4.79 Å². The van der Waals surface area contributed by atoms with Crippen LogP contribution in [0.2, 0.25) is 0 Å². The Morgan fingerprint density at radius 2 is 1.62 bits per heavy atom. The molecule has 5 N–H and O–H groups in total. The number of amides is 1. The van der Waals surface area contributed by atoms with E-state index in [9.17, 15) is 13.2 Å². The van der Waals surface area contributed by atoms with Gasteiger partial charge >= 0.3 is 0 Å². The summed E-state index contributed by atoms with van der Waals surface area (Å²) in [4.78, 5) is 11.1. The number of primary amides is 1. The van der Waals surface area contributed by atoms with Crippen molar-refractivity contribution in [3.63, 3.8) is 0 Å². The van der Waals surface area contributed by atoms with Crippen molar-refractivity contribution in [2.45, 2.75) is 42.7 Å². The van der Waals surface area contributed by atoms with E-state index in [0.29, 0.717) is 0 Å². The lowest BCUT2D eigenvalue weighted by molar-refractivity contribution is 0.1000. The largest absolute Gasteiger partial charge is 0.366 e. The average Bonchev–Trinajstić information content (AvgIpc) is 2.41. The zero-order valence-electron chi connectivity index (χ0n) is 11.5. The Balaban J connectivity index is 0.00000220. The molecule has 0 unspecified atom stereocenters. The maximum Gasteiger partial charge on any atom is 0.248 e. The van der Waals surface area contributed by atoms with Crippen LogP contribution in [0.4, 0.5) is 0 Å². The van der Waals surface area contributed by atoms with E-state index >= 15 is 0 Å². The van der Waals surface area contributed by atoms with Gasteiger partial charge in [0.15, 0.2) is 0 Å². The average molecular weight is 334 g/mol. The predicted molar refractivity (Wildman–Crippen MR) is 82.8 cm³/mol. The fraction of sp³-hybridized carbons (Fsp3) is 0.462. The minimum atomic E-state index is -3.56. The highest BCUT2D eigenvalue weighted by molar-refractivity contribution is 7.89. The molecule has 1 aromatic rings. The molecule has 1 amide bonds. The third kappa shape index (κ3) is 4.67. The van der Waals surface area contributed by atoms with Gasteiger partial charge in [0.25, 0.3) is 0 Å². The van der Waals surface area contributed by atoms with Crippen LogP contribution in [-0.4, -0.2) is 26.4 Å². The van der Waals surface area contributed by atoms with Gasteiger partial charge in [-0.15, -0.1) is 12.4 Å². The summed E-state index contributed by atoms with van der Waals surface area (Å²) in [5.41, 5.74) is 11.2. The molecule has 0 radical (unpaired) electrons. The number of nitrogens with two attached hydrogens (primary N) is 2. The molecule has 0 aliphatic heterocycles. The van der Waals surface area contributed by atoms with Gasteiger partial charge in [-0.05, 0) is 49.9 Å². The number of rotatable bonds is 4. The lowest BCUT2D eigenvalue weighted by Gasteiger charge is -2.26. The van der Waals surface area contributed by atoms with Gasteiger partial charge in [0, 0.05) is 17.6 Å². The second kappa shape index (κ2) is 7.22. The van der Waals surface area contributed by atoms with E-state index in [4.69, 9.17) is 11.5 Å². The highest BCUT2D eigenvalue weighted by Gasteiger charge is 2.24. The van der Waals surface area contributed by atoms with Crippen LogP contribution in [0, 0.1) is 0 Å². The monoisotopic (exact) mass is 333 g/mol. The molecule has 0 spiro atoms. The number of sulfonamides is 1. The zero-order chi connectivity index (χ0) is 14.8. The first-order valence-corrected chi connectivity index (χ1v) is 8.04. The van der Waals surface area contributed by atoms with Crippen molar-refractivity contribution in [2.75, 3.05) is 0 Å². The van der Waals surface area contributed by atoms with Crippen LogP contribution in [0.5, 0.6) is 0 Å². The van der Waals surface area contributed by atoms with E-state index < -0.39 is 15.9 Å². The molecule has 6 nitrogen and oxygen atoms in total. The Kier molecular flexibility index (Phi) is 6.15. The maximum absolute atomic E-state index is 12.2. The first kappa shape index (κ1) is 17.9. The number of halogens is 1. The molecule has 21 heavy (non-hydrogen) atoms. The highest BCUT2D eigenvalue weighted by Crippen LogP contribution is 2.19. The van der Waals surface area contributed by atoms with Crippen molar-refractivity contribution in [2.24, 2.45) is 11.5 Å². The van der Waals surface area contributed by atoms with Gasteiger partial charge in [-0.1, -0.05) is 0 Å². The standard InChI is InChI=1S/C13H19N3O3S.ClH/c14-10-3-5-11(6-4-10)16-20(18,19)12-7-1-9(2-8-12)13(15)17;/h1-2,7-8,10-11,16H,3-6,14H2,(H2,15,17);1H. The Labute approximate surface area is 130 Å². The Hall–Kier alpha value is -1.15. The number of carbonyl (C=O) groups excluding carboxylic acids is 1. The van der Waals surface area contributed by atoms with Crippen LogP contribution in [0.3, 0.4) is 0 Å². The minimum absolute atomic E-state index is 0. The third-order valence-electron chi connectivity index (χ3n) is 3.54. The smallest absolute Gasteiger partial charge is 0.248 e. The molecule has 8 heteroatoms. The summed E-state index contributed by atoms with van der Waals surface area (Å²) in [7, 11) is -3.56. The number of hydrogen-bond acceptors (Lipinski definition) is 4. The summed E-state index contributed by atoms with van der Waals surface area (Å²) in [6, 6.07) is 5.69. The lowest BCUT2D eigenvalue weighted by Crippen LogP contribution is -2.40. The second-order valence-corrected chi connectivity index (χ2v) is 6.84. The molecule has 1 saturated carbocycles. The van der Waals surface area contributed by atoms with E-state index in [1.165, 1.54) is 24.3 Å². The molecular weight excluding hydrogens is 314 g/mol. The summed E-state index contributed by atoms with van der Waals surface area (Å²) in [6.07, 6.45) is 3.15. The van der Waals surface area contributed by atoms with Crippen molar-refractivity contribution >= 4 is 28.3 Å². The molecule has 0 aromatic heterocycles. The summed E-state index contributed by atoms with van der Waals surface area (Å²) in [6.45, 7) is 0. The van der Waals surface area contributed by atoms with Crippen molar-refractivity contribution in [3.8, 4) is 0 Å². The van der Waals surface area contributed by atoms with E-state index in [1.54, 1.807) is 0 Å². The predicted octanol–water partition coefficient (Wildman–Crippen LogP) is 0.755. The topological polar surface area (TPSA) is 115 Å². The van der Waals surface area contributed by atoms with E-state index in [0.717, 1.165) is 25.7 Å². The van der Waals surface area contributed by atoms with E-state index in [1.807, 2.05) is 0 Å². The van der Waals surface area contributed by atoms with Crippen molar-refractivity contribution in [1.29, 1.82) is 0 Å². The summed E-state index contributed by atoms with van der Waals surface area (Å²) in [5, 5.41) is 0. The van der Waals surface area contributed by atoms with E-state index in [2.05, 4.69) is 4.72 Å². The van der Waals surface area contributed by atoms with Crippen LogP contribution in [0.15, 0.2) is 29.2 Å². The van der Waals surface area contributed by atoms with Gasteiger partial charge < -0.3 is 11.5 Å². The number of carbonyl (C=O) groups is 1. The van der Waals surface area contributed by atoms with Crippen LogP contribution < -0.4 is 16.2 Å². The Morgan fingerprint density at radius 1 is 1.10 bits per heavy atom. The first-order chi connectivity index (χ1) is 9.38. The van der Waals surface area contributed by atoms with Crippen LogP contribution in [-0.2, 0) is 10.0 Å². The quantitative estimate of drug-likeness (QED) is 0.754. The molecule has 1 fully saturated rings. The van der Waals surface area contributed by atoms with Crippen molar-refractivity contribution < 1.29 is 13.2 Å². The first-order valence-electron chi connectivity index (χ1n) is 6.56. The van der Waals surface area contributed by atoms with E-state index in [-0.39, 0.29) is 34.9 Å². The third-order valence-corrected chi connectivity index (χ3v) is 5.08. The van der Waals surface area contributed by atoms with Crippen molar-refractivity contribution in [1.82, 2.24) is 4.72 Å². The van der Waals surface area contributed by atoms with Gasteiger partial charge in [0.2, 0.25) is 15.9 Å². The van der Waals surface area contributed by atoms with Crippen molar-refractivity contribution in [3.05, 3.63) is 29.8 Å². The number of hydrogen-bond donors (Lipinski definition) is 3. The SMILES string of the molecule is Cl.NC(=O)c1ccc(S(=O)(=O)NC2CCC(N)CC2)cc1. The molecular formula is C13H20ClN3O3S. The molecule has 1 aliphatic carbocycles. The number of nitrogens with one attached hydrogen (secondary N) is 1. The van der Waals surface area contributed by atoms with Gasteiger partial charge in [0.05, 0.1) is 4.90 Å². The normalized spacial score (nSPS) is 22.3. The van der Waals surface area contributed by atoms with Gasteiger partial charge in [-0.25, -0.2) is 13.1 Å². The fourth-order valence-electron chi connectivity index (χ4n) is 2.32. The fourth-order valence-corrected chi connectivity index (χ4v) is 3.63. The molecule has 1 aromatic carbocycles. The molecule has 2 rings (SSSR count). The maximum atomic E-state index is 12.2. The molecule has 0 heterocycles. The second-order valence-electron chi connectivity index (χ2n) is 5.12. The zero-order valence-corrected chi connectivity index (χ0v) is 13.1. The summed E-state index contributed by atoms with van der Waals surface area (Å²) < 4.78 is 27.1. The van der Waals surface area contributed by atoms with Gasteiger partial charge in [0.1, 0.15) is 0 Å². The summed E-state index contributed by atoms with van der Waals surface area (Å²) >= 11 is 0. The van der Waals surface area contributed by atoms with Crippen LogP contribution in [0.1, 0.15) is 36.0 Å². The molecule has 0 bridgehead atoms. The van der Waals surface area contributed by atoms with Gasteiger partial charge in [-0.2, -0.15) is 0 Å². The Morgan fingerprint density at radius 3 is 2.10 bits per heavy atom.